The molecule has 0 spiro atoms. The number of anilines is 1. The first-order chi connectivity index (χ1) is 27.1. The largest absolute Gasteiger partial charge is 0.491 e. The van der Waals surface area contributed by atoms with Crippen LogP contribution in [0, 0.1) is 6.92 Å². The van der Waals surface area contributed by atoms with Gasteiger partial charge in [0.25, 0.3) is 16.0 Å². The average molecular weight is 844 g/mol. The monoisotopic (exact) mass is 843 g/mol. The van der Waals surface area contributed by atoms with Gasteiger partial charge in [-0.1, -0.05) is 29.8 Å². The van der Waals surface area contributed by atoms with Crippen LogP contribution in [-0.2, 0) is 43.3 Å². The van der Waals surface area contributed by atoms with E-state index in [4.69, 9.17) is 23.1 Å². The normalized spacial score (nSPS) is 15.9. The van der Waals surface area contributed by atoms with E-state index < -0.39 is 55.9 Å². The van der Waals surface area contributed by atoms with E-state index in [1.165, 1.54) is 34.6 Å². The number of hydrogen-bond donors (Lipinski definition) is 0. The van der Waals surface area contributed by atoms with Crippen molar-refractivity contribution in [1.82, 2.24) is 9.21 Å². The summed E-state index contributed by atoms with van der Waals surface area (Å²) in [5.74, 6) is -0.466. The van der Waals surface area contributed by atoms with Crippen LogP contribution < -0.4 is 9.64 Å². The van der Waals surface area contributed by atoms with Crippen LogP contribution in [-0.4, -0.2) is 108 Å². The lowest BCUT2D eigenvalue weighted by atomic mass is 9.90. The third-order valence-electron chi connectivity index (χ3n) is 9.16. The number of rotatable bonds is 14. The molecule has 0 bridgehead atoms. The van der Waals surface area contributed by atoms with E-state index in [-0.39, 0.29) is 73.1 Å². The van der Waals surface area contributed by atoms with Gasteiger partial charge in [-0.15, -0.1) is 0 Å². The average Bonchev–Trinajstić information content (AvgIpc) is 3.14. The molecule has 58 heavy (non-hydrogen) atoms. The Hall–Kier alpha value is -4.55. The van der Waals surface area contributed by atoms with Gasteiger partial charge < -0.3 is 23.8 Å². The van der Waals surface area contributed by atoms with E-state index in [0.717, 1.165) is 20.9 Å². The number of carbonyl (C=O) groups is 3. The summed E-state index contributed by atoms with van der Waals surface area (Å²) in [7, 11) is -7.87. The number of esters is 1. The highest BCUT2D eigenvalue weighted by atomic mass is 32.2. The summed E-state index contributed by atoms with van der Waals surface area (Å²) in [5.41, 5.74) is 0.439. The zero-order chi connectivity index (χ0) is 42.5. The number of fused-ring (bicyclic) bond motifs is 1. The highest BCUT2D eigenvalue weighted by molar-refractivity contribution is 7.89. The summed E-state index contributed by atoms with van der Waals surface area (Å²) in [6.07, 6.45) is 0.342. The van der Waals surface area contributed by atoms with E-state index in [0.29, 0.717) is 18.6 Å². The Morgan fingerprint density at radius 3 is 1.98 bits per heavy atom. The molecule has 0 aliphatic carbocycles. The molecule has 3 aromatic rings. The van der Waals surface area contributed by atoms with Crippen molar-refractivity contribution in [3.05, 3.63) is 83.4 Å². The predicted octanol–water partition coefficient (Wildman–Crippen LogP) is 5.86. The van der Waals surface area contributed by atoms with E-state index in [1.807, 2.05) is 31.2 Å². The first kappa shape index (κ1) is 44.6. The Morgan fingerprint density at radius 1 is 0.759 bits per heavy atom. The summed E-state index contributed by atoms with van der Waals surface area (Å²) in [4.78, 5) is 42.0. The van der Waals surface area contributed by atoms with Crippen molar-refractivity contribution >= 4 is 43.8 Å². The van der Waals surface area contributed by atoms with Crippen LogP contribution in [0.25, 0.3) is 0 Å². The van der Waals surface area contributed by atoms with Crippen LogP contribution in [0.5, 0.6) is 5.75 Å². The Bertz CT molecular complexity index is 2150. The fraction of sp³-hybridized carbons (Fsp3) is 0.488. The standard InChI is InChI=1S/C41H53N3O12S2/c1-29-8-14-33(15-9-29)58(50,51)54-25-23-52-22-24-53-32-12-10-30(11-13-32)31-18-20-43(21-19-31)57(48,49)34-16-17-35-36(26-34)44(39(47)56-41(5,6)7)28-42(38(35)46)27-37(45)55-40(2,3)4/h8-17,26,31H,18-25,27-28H2,1-7H3. The molecule has 0 aromatic heterocycles. The molecular formula is C41H53N3O12S2. The molecule has 1 saturated heterocycles. The topological polar surface area (TPSA) is 175 Å². The minimum atomic E-state index is -4.02. The maximum atomic E-state index is 14.0. The highest BCUT2D eigenvalue weighted by Gasteiger charge is 2.38. The van der Waals surface area contributed by atoms with Gasteiger partial charge in [0.05, 0.1) is 40.9 Å². The van der Waals surface area contributed by atoms with Gasteiger partial charge in [-0.2, -0.15) is 12.7 Å². The number of benzene rings is 3. The van der Waals surface area contributed by atoms with Crippen molar-refractivity contribution in [3.8, 4) is 5.75 Å². The molecule has 0 saturated carbocycles. The first-order valence-corrected chi connectivity index (χ1v) is 21.9. The summed E-state index contributed by atoms with van der Waals surface area (Å²) < 4.78 is 81.2. The third kappa shape index (κ3) is 11.8. The number of piperidine rings is 1. The number of nitrogens with zero attached hydrogens (tertiary/aromatic N) is 3. The number of hydrogen-bond acceptors (Lipinski definition) is 12. The summed E-state index contributed by atoms with van der Waals surface area (Å²) in [5, 5.41) is 0. The molecule has 5 rings (SSSR count). The van der Waals surface area contributed by atoms with Crippen LogP contribution in [0.2, 0.25) is 0 Å². The van der Waals surface area contributed by atoms with Crippen LogP contribution in [0.15, 0.2) is 76.5 Å². The van der Waals surface area contributed by atoms with Gasteiger partial charge in [0, 0.05) is 13.1 Å². The molecule has 3 aromatic carbocycles. The van der Waals surface area contributed by atoms with Gasteiger partial charge in [0.1, 0.15) is 36.8 Å². The van der Waals surface area contributed by atoms with Gasteiger partial charge in [0.15, 0.2) is 0 Å². The number of amides is 2. The molecule has 0 N–H and O–H groups in total. The molecule has 0 unspecified atom stereocenters. The van der Waals surface area contributed by atoms with Gasteiger partial charge >= 0.3 is 12.1 Å². The lowest BCUT2D eigenvalue weighted by molar-refractivity contribution is -0.155. The Morgan fingerprint density at radius 2 is 1.36 bits per heavy atom. The summed E-state index contributed by atoms with van der Waals surface area (Å²) >= 11 is 0. The fourth-order valence-corrected chi connectivity index (χ4v) is 8.78. The molecule has 2 aliphatic rings. The molecule has 2 aliphatic heterocycles. The van der Waals surface area contributed by atoms with Gasteiger partial charge in [0.2, 0.25) is 10.0 Å². The van der Waals surface area contributed by atoms with E-state index in [1.54, 1.807) is 53.7 Å². The Labute approximate surface area is 341 Å². The minimum Gasteiger partial charge on any atom is -0.491 e. The van der Waals surface area contributed by atoms with Crippen molar-refractivity contribution in [2.75, 3.05) is 57.6 Å². The van der Waals surface area contributed by atoms with Gasteiger partial charge in [-0.05, 0) is 115 Å². The van der Waals surface area contributed by atoms with Crippen molar-refractivity contribution in [2.24, 2.45) is 0 Å². The lowest BCUT2D eigenvalue weighted by Gasteiger charge is -2.37. The molecular weight excluding hydrogens is 791 g/mol. The zero-order valence-corrected chi connectivity index (χ0v) is 35.7. The van der Waals surface area contributed by atoms with E-state index in [9.17, 15) is 31.2 Å². The predicted molar refractivity (Wildman–Crippen MR) is 215 cm³/mol. The van der Waals surface area contributed by atoms with Crippen molar-refractivity contribution in [1.29, 1.82) is 0 Å². The van der Waals surface area contributed by atoms with Crippen LogP contribution in [0.4, 0.5) is 10.5 Å². The lowest BCUT2D eigenvalue weighted by Crippen LogP contribution is -2.52. The van der Waals surface area contributed by atoms with Crippen LogP contribution in [0.1, 0.15) is 81.8 Å². The van der Waals surface area contributed by atoms with Crippen LogP contribution >= 0.6 is 0 Å². The van der Waals surface area contributed by atoms with Crippen LogP contribution in [0.3, 0.4) is 0 Å². The van der Waals surface area contributed by atoms with Crippen molar-refractivity contribution in [3.63, 3.8) is 0 Å². The second-order valence-electron chi connectivity index (χ2n) is 16.1. The highest BCUT2D eigenvalue weighted by Crippen LogP contribution is 2.35. The second kappa shape index (κ2) is 18.2. The minimum absolute atomic E-state index is 0.0510. The number of carbonyl (C=O) groups excluding carboxylic acids is 3. The van der Waals surface area contributed by atoms with E-state index in [2.05, 4.69) is 0 Å². The summed E-state index contributed by atoms with van der Waals surface area (Å²) in [6, 6.07) is 18.0. The third-order valence-corrected chi connectivity index (χ3v) is 12.4. The zero-order valence-electron chi connectivity index (χ0n) is 34.1. The smallest absolute Gasteiger partial charge is 0.416 e. The number of sulfonamides is 1. The fourth-order valence-electron chi connectivity index (χ4n) is 6.39. The molecule has 1 fully saturated rings. The van der Waals surface area contributed by atoms with Crippen molar-refractivity contribution < 1.29 is 54.3 Å². The SMILES string of the molecule is Cc1ccc(S(=O)(=O)OCCOCCOc2ccc(C3CCN(S(=O)(=O)c4ccc5c(c4)N(C(=O)OC(C)(C)C)CN(CC(=O)OC(C)(C)C)C5=O)CC3)cc2)cc1. The van der Waals surface area contributed by atoms with Crippen molar-refractivity contribution in [2.45, 2.75) is 88.2 Å². The molecule has 2 heterocycles. The maximum absolute atomic E-state index is 14.0. The first-order valence-electron chi connectivity index (χ1n) is 19.1. The quantitative estimate of drug-likeness (QED) is 0.108. The number of aryl methyl sites for hydroxylation is 1. The molecule has 0 radical (unpaired) electrons. The van der Waals surface area contributed by atoms with Gasteiger partial charge in [-0.3, -0.25) is 18.7 Å². The van der Waals surface area contributed by atoms with E-state index >= 15 is 0 Å². The Balaban J connectivity index is 1.14. The second-order valence-corrected chi connectivity index (χ2v) is 19.7. The maximum Gasteiger partial charge on any atom is 0.416 e. The van der Waals surface area contributed by atoms with Gasteiger partial charge in [-0.25, -0.2) is 13.2 Å². The summed E-state index contributed by atoms with van der Waals surface area (Å²) in [6.45, 7) is 12.2. The number of ether oxygens (including phenoxy) is 4. The molecule has 0 atom stereocenters. The molecule has 2 amide bonds. The molecule has 17 heteroatoms. The molecule has 15 nitrogen and oxygen atoms in total. The Kier molecular flexibility index (Phi) is 13.9. The molecule has 316 valence electrons.